The molecule has 1 aliphatic heterocycles. The number of carbonyl (C=O) groups excluding carboxylic acids is 2. The number of aliphatic carboxylic acids is 1. The molecule has 1 aliphatic rings. The minimum atomic E-state index is -1.62. The Kier molecular flexibility index (Phi) is 4.90. The highest BCUT2D eigenvalue weighted by atomic mass is 16.4. The number of carboxylic acid groups (broad SMARTS) is 1. The van der Waals surface area contributed by atoms with Gasteiger partial charge < -0.3 is 26.2 Å². The molecule has 0 aliphatic carbocycles. The zero-order valence-electron chi connectivity index (χ0n) is 9.83. The van der Waals surface area contributed by atoms with Gasteiger partial charge in [-0.2, -0.15) is 0 Å². The van der Waals surface area contributed by atoms with Crippen molar-refractivity contribution in [2.24, 2.45) is 11.7 Å². The lowest BCUT2D eigenvalue weighted by Crippen LogP contribution is -2.48. The topological polar surface area (TPSA) is 133 Å². The van der Waals surface area contributed by atoms with Crippen LogP contribution >= 0.6 is 0 Å². The summed E-state index contributed by atoms with van der Waals surface area (Å²) in [5, 5.41) is 19.8. The van der Waals surface area contributed by atoms with Gasteiger partial charge in [0.05, 0.1) is 12.5 Å². The molecule has 102 valence electrons. The van der Waals surface area contributed by atoms with Crippen molar-refractivity contribution in [2.75, 3.05) is 19.6 Å². The highest BCUT2D eigenvalue weighted by Gasteiger charge is 2.27. The summed E-state index contributed by atoms with van der Waals surface area (Å²) in [6.07, 6.45) is -0.342. The summed E-state index contributed by atoms with van der Waals surface area (Å²) in [5.74, 6) is -2.17. The van der Waals surface area contributed by atoms with Gasteiger partial charge in [0.25, 0.3) is 0 Å². The predicted octanol–water partition coefficient (Wildman–Crippen LogP) is -1.66. The summed E-state index contributed by atoms with van der Waals surface area (Å²) in [6, 6.07) is -0.571. The largest absolute Gasteiger partial charge is 0.479 e. The van der Waals surface area contributed by atoms with Crippen LogP contribution in [0.15, 0.2) is 0 Å². The molecule has 1 saturated heterocycles. The van der Waals surface area contributed by atoms with E-state index in [0.29, 0.717) is 19.4 Å². The molecule has 5 N–H and O–H groups in total. The summed E-state index contributed by atoms with van der Waals surface area (Å²) < 4.78 is 0. The van der Waals surface area contributed by atoms with Crippen molar-refractivity contribution >= 4 is 17.9 Å². The normalized spacial score (nSPS) is 21.2. The van der Waals surface area contributed by atoms with Crippen molar-refractivity contribution in [2.45, 2.75) is 18.9 Å². The first kappa shape index (κ1) is 14.2. The number of likely N-dealkylation sites (tertiary alicyclic amines) is 1. The Labute approximate surface area is 104 Å². The molecule has 2 unspecified atom stereocenters. The fraction of sp³-hybridized carbons (Fsp3) is 0.700. The van der Waals surface area contributed by atoms with E-state index in [0.717, 1.165) is 0 Å². The molecule has 0 saturated carbocycles. The summed E-state index contributed by atoms with van der Waals surface area (Å²) in [5.41, 5.74) is 5.13. The maximum absolute atomic E-state index is 11.7. The van der Waals surface area contributed by atoms with Gasteiger partial charge in [-0.3, -0.25) is 4.79 Å². The van der Waals surface area contributed by atoms with Crippen LogP contribution in [0.4, 0.5) is 4.79 Å². The number of carboxylic acids is 1. The van der Waals surface area contributed by atoms with E-state index < -0.39 is 24.0 Å². The molecule has 18 heavy (non-hydrogen) atoms. The molecule has 1 heterocycles. The van der Waals surface area contributed by atoms with Gasteiger partial charge in [-0.05, 0) is 12.8 Å². The second kappa shape index (κ2) is 6.20. The maximum atomic E-state index is 11.7. The van der Waals surface area contributed by atoms with Crippen LogP contribution < -0.4 is 11.1 Å². The van der Waals surface area contributed by atoms with E-state index >= 15 is 0 Å². The van der Waals surface area contributed by atoms with Crippen LogP contribution in [-0.4, -0.2) is 58.8 Å². The first-order valence-corrected chi connectivity index (χ1v) is 5.64. The van der Waals surface area contributed by atoms with Gasteiger partial charge in [0.15, 0.2) is 6.10 Å². The number of aliphatic hydroxyl groups excluding tert-OH is 1. The highest BCUT2D eigenvalue weighted by Crippen LogP contribution is 2.16. The van der Waals surface area contributed by atoms with Crippen molar-refractivity contribution in [1.29, 1.82) is 0 Å². The van der Waals surface area contributed by atoms with Gasteiger partial charge in [0.2, 0.25) is 5.91 Å². The average molecular weight is 259 g/mol. The number of amides is 3. The third-order valence-corrected chi connectivity index (χ3v) is 2.86. The number of nitrogens with one attached hydrogen (secondary N) is 1. The molecule has 0 aromatic heterocycles. The second-order valence-corrected chi connectivity index (χ2v) is 4.22. The number of nitrogens with two attached hydrogens (primary N) is 1. The smallest absolute Gasteiger partial charge is 0.334 e. The van der Waals surface area contributed by atoms with Crippen LogP contribution in [0.1, 0.15) is 12.8 Å². The minimum absolute atomic E-state index is 0.227. The van der Waals surface area contributed by atoms with Crippen LogP contribution in [0.5, 0.6) is 0 Å². The van der Waals surface area contributed by atoms with Crippen LogP contribution in [0.3, 0.4) is 0 Å². The monoisotopic (exact) mass is 259 g/mol. The Hall–Kier alpha value is -1.83. The van der Waals surface area contributed by atoms with Gasteiger partial charge in [-0.1, -0.05) is 0 Å². The number of aliphatic hydroxyl groups is 1. The fourth-order valence-electron chi connectivity index (χ4n) is 1.82. The third kappa shape index (κ3) is 3.88. The molecule has 3 amide bonds. The molecule has 8 heteroatoms. The lowest BCUT2D eigenvalue weighted by molar-refractivity contribution is -0.146. The van der Waals surface area contributed by atoms with Crippen LogP contribution in [-0.2, 0) is 9.59 Å². The number of nitrogens with zero attached hydrogens (tertiary/aromatic N) is 1. The lowest BCUT2D eigenvalue weighted by Gasteiger charge is -2.30. The van der Waals surface area contributed by atoms with E-state index in [9.17, 15) is 14.4 Å². The van der Waals surface area contributed by atoms with Gasteiger partial charge in [0.1, 0.15) is 0 Å². The molecular formula is C10H17N3O5. The van der Waals surface area contributed by atoms with Crippen molar-refractivity contribution in [3.63, 3.8) is 0 Å². The number of primary amides is 1. The van der Waals surface area contributed by atoms with Crippen molar-refractivity contribution < 1.29 is 24.6 Å². The van der Waals surface area contributed by atoms with Crippen LogP contribution in [0, 0.1) is 5.92 Å². The molecular weight excluding hydrogens is 242 g/mol. The molecule has 1 rings (SSSR count). The summed E-state index contributed by atoms with van der Waals surface area (Å²) >= 11 is 0. The second-order valence-electron chi connectivity index (χ2n) is 4.22. The quantitative estimate of drug-likeness (QED) is 0.479. The molecule has 0 aromatic rings. The van der Waals surface area contributed by atoms with E-state index in [1.807, 2.05) is 0 Å². The first-order valence-electron chi connectivity index (χ1n) is 5.64. The number of rotatable bonds is 4. The van der Waals surface area contributed by atoms with Gasteiger partial charge in [-0.15, -0.1) is 0 Å². The number of hydrogen-bond donors (Lipinski definition) is 4. The Morgan fingerprint density at radius 3 is 2.67 bits per heavy atom. The molecule has 2 atom stereocenters. The van der Waals surface area contributed by atoms with E-state index in [4.69, 9.17) is 15.9 Å². The number of hydrogen-bond acceptors (Lipinski definition) is 4. The molecule has 0 aromatic carbocycles. The molecule has 0 bridgehead atoms. The predicted molar refractivity (Wildman–Crippen MR) is 60.5 cm³/mol. The van der Waals surface area contributed by atoms with E-state index in [-0.39, 0.29) is 19.0 Å². The molecule has 1 fully saturated rings. The summed E-state index contributed by atoms with van der Waals surface area (Å²) in [4.78, 5) is 34.4. The highest BCUT2D eigenvalue weighted by molar-refractivity contribution is 5.81. The van der Waals surface area contributed by atoms with E-state index in [1.54, 1.807) is 0 Å². The molecule has 8 nitrogen and oxygen atoms in total. The first-order chi connectivity index (χ1) is 8.41. The Morgan fingerprint density at radius 1 is 1.44 bits per heavy atom. The summed E-state index contributed by atoms with van der Waals surface area (Å²) in [7, 11) is 0. The van der Waals surface area contributed by atoms with E-state index in [1.165, 1.54) is 4.90 Å². The Balaban J connectivity index is 2.42. The third-order valence-electron chi connectivity index (χ3n) is 2.86. The average Bonchev–Trinajstić information content (AvgIpc) is 2.35. The number of urea groups is 1. The van der Waals surface area contributed by atoms with Gasteiger partial charge >= 0.3 is 12.0 Å². The van der Waals surface area contributed by atoms with Crippen LogP contribution in [0.25, 0.3) is 0 Å². The zero-order chi connectivity index (χ0) is 13.7. The van der Waals surface area contributed by atoms with Crippen molar-refractivity contribution in [3.05, 3.63) is 0 Å². The zero-order valence-corrected chi connectivity index (χ0v) is 9.83. The Bertz CT molecular complexity index is 346. The van der Waals surface area contributed by atoms with Crippen molar-refractivity contribution in [3.8, 4) is 0 Å². The van der Waals surface area contributed by atoms with Crippen molar-refractivity contribution in [1.82, 2.24) is 10.2 Å². The maximum Gasteiger partial charge on any atom is 0.334 e. The standard InChI is InChI=1S/C10H17N3O5/c11-10(18)13-3-1-2-6(5-13)8(15)12-4-7(14)9(16)17/h6-7,14H,1-5H2,(H2,11,18)(H,12,15)(H,16,17). The van der Waals surface area contributed by atoms with Gasteiger partial charge in [0, 0.05) is 13.1 Å². The number of piperidine rings is 1. The van der Waals surface area contributed by atoms with Crippen LogP contribution in [0.2, 0.25) is 0 Å². The number of carbonyl (C=O) groups is 3. The lowest BCUT2D eigenvalue weighted by atomic mass is 9.97. The van der Waals surface area contributed by atoms with Gasteiger partial charge in [-0.25, -0.2) is 9.59 Å². The Morgan fingerprint density at radius 2 is 2.11 bits per heavy atom. The molecule has 0 radical (unpaired) electrons. The van der Waals surface area contributed by atoms with E-state index in [2.05, 4.69) is 5.32 Å². The SMILES string of the molecule is NC(=O)N1CCCC(C(=O)NCC(O)C(=O)O)C1. The summed E-state index contributed by atoms with van der Waals surface area (Å²) in [6.45, 7) is 0.405. The fourth-order valence-corrected chi connectivity index (χ4v) is 1.82. The minimum Gasteiger partial charge on any atom is -0.479 e. The molecule has 0 spiro atoms.